The molecule has 24 heavy (non-hydrogen) atoms. The molecule has 0 unspecified atom stereocenters. The van der Waals surface area contributed by atoms with Gasteiger partial charge in [-0.25, -0.2) is 13.4 Å². The number of anilines is 1. The van der Waals surface area contributed by atoms with Gasteiger partial charge in [0.25, 0.3) is 0 Å². The first-order chi connectivity index (χ1) is 11.4. The predicted molar refractivity (Wildman–Crippen MR) is 96.2 cm³/mol. The van der Waals surface area contributed by atoms with Gasteiger partial charge < -0.3 is 4.98 Å². The molecule has 124 valence electrons. The van der Waals surface area contributed by atoms with Gasteiger partial charge in [0.2, 0.25) is 10.0 Å². The van der Waals surface area contributed by atoms with E-state index in [1.54, 1.807) is 18.5 Å². The Labute approximate surface area is 141 Å². The molecule has 0 saturated carbocycles. The van der Waals surface area contributed by atoms with Gasteiger partial charge >= 0.3 is 0 Å². The summed E-state index contributed by atoms with van der Waals surface area (Å²) in [5.41, 5.74) is 4.91. The number of imidazole rings is 1. The Kier molecular flexibility index (Phi) is 4.40. The molecule has 1 heterocycles. The lowest BCUT2D eigenvalue weighted by molar-refractivity contribution is 0.600. The average molecular weight is 341 g/mol. The van der Waals surface area contributed by atoms with E-state index in [2.05, 4.69) is 14.7 Å². The molecule has 5 nitrogen and oxygen atoms in total. The number of benzene rings is 2. The second-order valence-corrected chi connectivity index (χ2v) is 7.47. The summed E-state index contributed by atoms with van der Waals surface area (Å²) >= 11 is 0. The zero-order valence-corrected chi connectivity index (χ0v) is 14.4. The van der Waals surface area contributed by atoms with E-state index in [1.807, 2.05) is 50.2 Å². The van der Waals surface area contributed by atoms with Gasteiger partial charge in [-0.2, -0.15) is 0 Å². The van der Waals surface area contributed by atoms with Crippen LogP contribution in [0.3, 0.4) is 0 Å². The highest BCUT2D eigenvalue weighted by atomic mass is 32.2. The van der Waals surface area contributed by atoms with Crippen LogP contribution in [0.15, 0.2) is 54.9 Å². The summed E-state index contributed by atoms with van der Waals surface area (Å²) in [4.78, 5) is 7.29. The molecule has 0 radical (unpaired) electrons. The Morgan fingerprint density at radius 1 is 1.08 bits per heavy atom. The number of aromatic nitrogens is 2. The van der Waals surface area contributed by atoms with Crippen LogP contribution in [0.2, 0.25) is 0 Å². The first-order valence-corrected chi connectivity index (χ1v) is 9.25. The Hall–Kier alpha value is -2.60. The molecule has 3 aromatic rings. The summed E-state index contributed by atoms with van der Waals surface area (Å²) in [5.74, 6) is -0.0503. The van der Waals surface area contributed by atoms with Gasteiger partial charge in [0.05, 0.1) is 17.8 Å². The van der Waals surface area contributed by atoms with Crippen LogP contribution < -0.4 is 4.72 Å². The Morgan fingerprint density at radius 2 is 1.88 bits per heavy atom. The third-order valence-corrected chi connectivity index (χ3v) is 5.08. The van der Waals surface area contributed by atoms with Gasteiger partial charge in [0, 0.05) is 16.9 Å². The van der Waals surface area contributed by atoms with Gasteiger partial charge in [0.15, 0.2) is 0 Å². The molecule has 1 aromatic heterocycles. The summed E-state index contributed by atoms with van der Waals surface area (Å²) in [7, 11) is -3.48. The standard InChI is InChI=1S/C18H19N3O2S/c1-13-6-3-4-7-16(13)11-24(22,23)21-17-9-5-8-15(10-17)18-14(2)19-12-20-18/h3-10,12,21H,11H2,1-2H3,(H,19,20). The first kappa shape index (κ1) is 16.3. The molecule has 3 rings (SSSR count). The Balaban J connectivity index is 1.83. The van der Waals surface area contributed by atoms with Gasteiger partial charge in [-0.05, 0) is 37.1 Å². The number of nitrogens with zero attached hydrogens (tertiary/aromatic N) is 1. The largest absolute Gasteiger partial charge is 0.348 e. The summed E-state index contributed by atoms with van der Waals surface area (Å²) < 4.78 is 27.6. The van der Waals surface area contributed by atoms with Crippen LogP contribution in [0.4, 0.5) is 5.69 Å². The summed E-state index contributed by atoms with van der Waals surface area (Å²) in [6, 6.07) is 14.7. The molecule has 0 aliphatic heterocycles. The van der Waals surface area contributed by atoms with Crippen LogP contribution in [-0.2, 0) is 15.8 Å². The van der Waals surface area contributed by atoms with E-state index >= 15 is 0 Å². The fourth-order valence-electron chi connectivity index (χ4n) is 2.57. The van der Waals surface area contributed by atoms with Crippen LogP contribution in [0.5, 0.6) is 0 Å². The molecule has 0 spiro atoms. The lowest BCUT2D eigenvalue weighted by atomic mass is 10.1. The van der Waals surface area contributed by atoms with Crippen molar-refractivity contribution in [2.75, 3.05) is 4.72 Å². The van der Waals surface area contributed by atoms with Crippen LogP contribution in [0, 0.1) is 13.8 Å². The fourth-order valence-corrected chi connectivity index (χ4v) is 3.86. The van der Waals surface area contributed by atoms with Gasteiger partial charge in [-0.15, -0.1) is 0 Å². The van der Waals surface area contributed by atoms with E-state index in [4.69, 9.17) is 0 Å². The second-order valence-electron chi connectivity index (χ2n) is 5.74. The third-order valence-electron chi connectivity index (χ3n) is 3.85. The highest BCUT2D eigenvalue weighted by Crippen LogP contribution is 2.24. The van der Waals surface area contributed by atoms with Crippen molar-refractivity contribution in [3.8, 4) is 11.3 Å². The molecule has 0 atom stereocenters. The topological polar surface area (TPSA) is 74.8 Å². The number of nitrogens with one attached hydrogen (secondary N) is 2. The van der Waals surface area contributed by atoms with E-state index in [1.165, 1.54) is 0 Å². The van der Waals surface area contributed by atoms with Crippen LogP contribution in [0.25, 0.3) is 11.3 Å². The molecule has 0 fully saturated rings. The molecular formula is C18H19N3O2S. The zero-order valence-electron chi connectivity index (χ0n) is 13.6. The number of hydrogen-bond acceptors (Lipinski definition) is 3. The number of hydrogen-bond donors (Lipinski definition) is 2. The number of H-pyrrole nitrogens is 1. The van der Waals surface area contributed by atoms with E-state index in [9.17, 15) is 8.42 Å². The van der Waals surface area contributed by atoms with Crippen molar-refractivity contribution in [2.45, 2.75) is 19.6 Å². The Bertz CT molecular complexity index is 962. The maximum absolute atomic E-state index is 12.5. The van der Waals surface area contributed by atoms with Crippen molar-refractivity contribution in [3.63, 3.8) is 0 Å². The van der Waals surface area contributed by atoms with E-state index in [-0.39, 0.29) is 5.75 Å². The number of sulfonamides is 1. The smallest absolute Gasteiger partial charge is 0.236 e. The lowest BCUT2D eigenvalue weighted by Gasteiger charge is -2.11. The van der Waals surface area contributed by atoms with Gasteiger partial charge in [-0.3, -0.25) is 4.72 Å². The van der Waals surface area contributed by atoms with Crippen molar-refractivity contribution < 1.29 is 8.42 Å². The monoisotopic (exact) mass is 341 g/mol. The third kappa shape index (κ3) is 3.65. The maximum atomic E-state index is 12.5. The summed E-state index contributed by atoms with van der Waals surface area (Å²) in [5, 5.41) is 0. The molecule has 6 heteroatoms. The van der Waals surface area contributed by atoms with Crippen molar-refractivity contribution in [1.29, 1.82) is 0 Å². The maximum Gasteiger partial charge on any atom is 0.236 e. The first-order valence-electron chi connectivity index (χ1n) is 7.60. The molecule has 0 bridgehead atoms. The highest BCUT2D eigenvalue weighted by molar-refractivity contribution is 7.91. The molecular weight excluding hydrogens is 322 g/mol. The number of rotatable bonds is 5. The summed E-state index contributed by atoms with van der Waals surface area (Å²) in [6.07, 6.45) is 1.62. The lowest BCUT2D eigenvalue weighted by Crippen LogP contribution is -2.15. The molecule has 2 N–H and O–H groups in total. The minimum absolute atomic E-state index is 0.0503. The van der Waals surface area contributed by atoms with Crippen molar-refractivity contribution in [1.82, 2.24) is 9.97 Å². The molecule has 0 aliphatic rings. The van der Waals surface area contributed by atoms with Crippen molar-refractivity contribution >= 4 is 15.7 Å². The SMILES string of the molecule is Cc1ccccc1CS(=O)(=O)Nc1cccc(-c2nc[nH]c2C)c1. The highest BCUT2D eigenvalue weighted by Gasteiger charge is 2.14. The van der Waals surface area contributed by atoms with E-state index in [0.717, 1.165) is 28.1 Å². The number of aromatic amines is 1. The molecule has 0 aliphatic carbocycles. The van der Waals surface area contributed by atoms with Crippen LogP contribution >= 0.6 is 0 Å². The zero-order chi connectivity index (χ0) is 17.2. The van der Waals surface area contributed by atoms with Crippen LogP contribution in [-0.4, -0.2) is 18.4 Å². The van der Waals surface area contributed by atoms with Gasteiger partial charge in [-0.1, -0.05) is 36.4 Å². The minimum Gasteiger partial charge on any atom is -0.348 e. The Morgan fingerprint density at radius 3 is 2.58 bits per heavy atom. The predicted octanol–water partition coefficient (Wildman–Crippen LogP) is 3.64. The molecule has 2 aromatic carbocycles. The van der Waals surface area contributed by atoms with E-state index < -0.39 is 10.0 Å². The second kappa shape index (κ2) is 6.49. The van der Waals surface area contributed by atoms with Crippen LogP contribution in [0.1, 0.15) is 16.8 Å². The van der Waals surface area contributed by atoms with E-state index in [0.29, 0.717) is 5.69 Å². The normalized spacial score (nSPS) is 11.4. The minimum atomic E-state index is -3.48. The number of aryl methyl sites for hydroxylation is 2. The van der Waals surface area contributed by atoms with Crippen molar-refractivity contribution in [3.05, 3.63) is 71.7 Å². The fraction of sp³-hybridized carbons (Fsp3) is 0.167. The summed E-state index contributed by atoms with van der Waals surface area (Å²) in [6.45, 7) is 3.84. The quantitative estimate of drug-likeness (QED) is 0.744. The van der Waals surface area contributed by atoms with Crippen molar-refractivity contribution in [2.24, 2.45) is 0 Å². The average Bonchev–Trinajstić information content (AvgIpc) is 2.95. The van der Waals surface area contributed by atoms with Gasteiger partial charge in [0.1, 0.15) is 0 Å². The molecule has 0 amide bonds. The molecule has 0 saturated heterocycles.